The maximum Gasteiger partial charge on any atom is 0.236 e. The Morgan fingerprint density at radius 3 is 2.63 bits per heavy atom. The summed E-state index contributed by atoms with van der Waals surface area (Å²) in [5.74, 6) is 0.657. The van der Waals surface area contributed by atoms with E-state index in [0.717, 1.165) is 32.0 Å². The van der Waals surface area contributed by atoms with E-state index in [1.165, 1.54) is 25.8 Å². The molecule has 0 radical (unpaired) electrons. The molecule has 0 aromatic heterocycles. The van der Waals surface area contributed by atoms with Crippen molar-refractivity contribution in [2.75, 3.05) is 19.6 Å². The molecule has 0 spiro atoms. The van der Waals surface area contributed by atoms with Gasteiger partial charge in [-0.1, -0.05) is 13.3 Å². The Morgan fingerprint density at radius 2 is 2.05 bits per heavy atom. The largest absolute Gasteiger partial charge is 0.354 e. The zero-order valence-corrected chi connectivity index (χ0v) is 13.3. The van der Waals surface area contributed by atoms with E-state index in [9.17, 15) is 4.79 Å². The molecule has 4 nitrogen and oxygen atoms in total. The summed E-state index contributed by atoms with van der Waals surface area (Å²) in [6.07, 6.45) is 5.72. The van der Waals surface area contributed by atoms with Crippen molar-refractivity contribution in [3.8, 4) is 0 Å². The molecule has 3 N–H and O–H groups in total. The van der Waals surface area contributed by atoms with Crippen LogP contribution < -0.4 is 11.1 Å². The van der Waals surface area contributed by atoms with E-state index in [2.05, 4.69) is 17.1 Å². The first-order valence-corrected chi connectivity index (χ1v) is 6.98. The molecule has 114 valence electrons. The van der Waals surface area contributed by atoms with Crippen LogP contribution in [0.2, 0.25) is 0 Å². The molecule has 1 aliphatic carbocycles. The first kappa shape index (κ1) is 19.0. The van der Waals surface area contributed by atoms with E-state index in [4.69, 9.17) is 5.73 Å². The SMILES string of the molecule is CCCC(N)C(=O)NCC1CCN(C2CC2)C1.Cl.Cl. The predicted molar refractivity (Wildman–Crippen MR) is 83.1 cm³/mol. The first-order chi connectivity index (χ1) is 8.20. The van der Waals surface area contributed by atoms with Gasteiger partial charge in [0, 0.05) is 19.1 Å². The van der Waals surface area contributed by atoms with Gasteiger partial charge in [0.15, 0.2) is 0 Å². The molecule has 1 aliphatic heterocycles. The van der Waals surface area contributed by atoms with Crippen molar-refractivity contribution >= 4 is 30.7 Å². The quantitative estimate of drug-likeness (QED) is 0.782. The second-order valence-corrected chi connectivity index (χ2v) is 5.52. The van der Waals surface area contributed by atoms with Crippen molar-refractivity contribution in [1.29, 1.82) is 0 Å². The third kappa shape index (κ3) is 5.86. The smallest absolute Gasteiger partial charge is 0.236 e. The van der Waals surface area contributed by atoms with E-state index in [-0.39, 0.29) is 36.8 Å². The minimum Gasteiger partial charge on any atom is -0.354 e. The van der Waals surface area contributed by atoms with Crippen LogP contribution in [0.3, 0.4) is 0 Å². The molecule has 19 heavy (non-hydrogen) atoms. The van der Waals surface area contributed by atoms with Crippen LogP contribution in [0.5, 0.6) is 0 Å². The van der Waals surface area contributed by atoms with E-state index in [1.54, 1.807) is 0 Å². The number of halogens is 2. The predicted octanol–water partition coefficient (Wildman–Crippen LogP) is 1.56. The van der Waals surface area contributed by atoms with Crippen LogP contribution in [0.4, 0.5) is 0 Å². The fourth-order valence-electron chi connectivity index (χ4n) is 2.62. The second-order valence-electron chi connectivity index (χ2n) is 5.52. The van der Waals surface area contributed by atoms with Crippen molar-refractivity contribution in [3.63, 3.8) is 0 Å². The summed E-state index contributed by atoms with van der Waals surface area (Å²) in [6.45, 7) is 5.23. The van der Waals surface area contributed by atoms with Gasteiger partial charge < -0.3 is 16.0 Å². The Morgan fingerprint density at radius 1 is 1.37 bits per heavy atom. The average Bonchev–Trinajstić information content (AvgIpc) is 3.06. The van der Waals surface area contributed by atoms with Crippen LogP contribution in [0.15, 0.2) is 0 Å². The summed E-state index contributed by atoms with van der Waals surface area (Å²) < 4.78 is 0. The lowest BCUT2D eigenvalue weighted by molar-refractivity contribution is -0.122. The first-order valence-electron chi connectivity index (χ1n) is 6.98. The molecule has 1 saturated carbocycles. The number of nitrogens with two attached hydrogens (primary N) is 1. The molecule has 2 rings (SSSR count). The normalized spacial score (nSPS) is 24.2. The molecule has 1 amide bonds. The van der Waals surface area contributed by atoms with Gasteiger partial charge in [-0.15, -0.1) is 24.8 Å². The van der Waals surface area contributed by atoms with Crippen LogP contribution >= 0.6 is 24.8 Å². The van der Waals surface area contributed by atoms with Gasteiger partial charge in [0.2, 0.25) is 5.91 Å². The highest BCUT2D eigenvalue weighted by molar-refractivity contribution is 5.85. The van der Waals surface area contributed by atoms with E-state index >= 15 is 0 Å². The number of hydrogen-bond acceptors (Lipinski definition) is 3. The van der Waals surface area contributed by atoms with Crippen molar-refractivity contribution in [2.24, 2.45) is 11.7 Å². The lowest BCUT2D eigenvalue weighted by Gasteiger charge is -2.16. The minimum atomic E-state index is -0.319. The van der Waals surface area contributed by atoms with Crippen molar-refractivity contribution < 1.29 is 4.79 Å². The van der Waals surface area contributed by atoms with Gasteiger partial charge in [0.1, 0.15) is 0 Å². The standard InChI is InChI=1S/C13H25N3O.2ClH/c1-2-3-12(14)13(17)15-8-10-6-7-16(9-10)11-4-5-11;;/h10-12H,2-9,14H2,1H3,(H,15,17);2*1H. The minimum absolute atomic E-state index is 0. The molecule has 0 bridgehead atoms. The third-order valence-electron chi connectivity index (χ3n) is 3.88. The highest BCUT2D eigenvalue weighted by Crippen LogP contribution is 2.31. The molecular weight excluding hydrogens is 285 g/mol. The van der Waals surface area contributed by atoms with Gasteiger partial charge in [-0.25, -0.2) is 0 Å². The molecule has 2 unspecified atom stereocenters. The number of nitrogens with one attached hydrogen (secondary N) is 1. The van der Waals surface area contributed by atoms with Gasteiger partial charge in [-0.2, -0.15) is 0 Å². The molecule has 2 atom stereocenters. The average molecular weight is 312 g/mol. The number of amides is 1. The second kappa shape index (κ2) is 9.01. The molecule has 2 aliphatic rings. The number of rotatable bonds is 6. The number of likely N-dealkylation sites (tertiary alicyclic amines) is 1. The molecule has 0 aromatic carbocycles. The summed E-state index contributed by atoms with van der Waals surface area (Å²) in [4.78, 5) is 14.2. The van der Waals surface area contributed by atoms with E-state index in [0.29, 0.717) is 5.92 Å². The summed E-state index contributed by atoms with van der Waals surface area (Å²) >= 11 is 0. The van der Waals surface area contributed by atoms with Gasteiger partial charge in [-0.3, -0.25) is 4.79 Å². The third-order valence-corrected chi connectivity index (χ3v) is 3.88. The van der Waals surface area contributed by atoms with E-state index < -0.39 is 0 Å². The molecule has 2 fully saturated rings. The fourth-order valence-corrected chi connectivity index (χ4v) is 2.62. The lowest BCUT2D eigenvalue weighted by Crippen LogP contribution is -2.42. The Balaban J connectivity index is 0.00000162. The highest BCUT2D eigenvalue weighted by Gasteiger charge is 2.34. The Hall–Kier alpha value is -0.0300. The Kier molecular flexibility index (Phi) is 8.99. The fraction of sp³-hybridized carbons (Fsp3) is 0.923. The molecular formula is C13H27Cl2N3O. The van der Waals surface area contributed by atoms with Crippen LogP contribution in [0.25, 0.3) is 0 Å². The summed E-state index contributed by atoms with van der Waals surface area (Å²) in [6, 6.07) is 0.541. The lowest BCUT2D eigenvalue weighted by atomic mass is 10.1. The van der Waals surface area contributed by atoms with E-state index in [1.807, 2.05) is 0 Å². The summed E-state index contributed by atoms with van der Waals surface area (Å²) in [7, 11) is 0. The molecule has 0 aromatic rings. The topological polar surface area (TPSA) is 58.4 Å². The van der Waals surface area contributed by atoms with Crippen LogP contribution in [-0.2, 0) is 4.79 Å². The Labute approximate surface area is 128 Å². The summed E-state index contributed by atoms with van der Waals surface area (Å²) in [5, 5.41) is 3.00. The number of hydrogen-bond donors (Lipinski definition) is 2. The number of nitrogens with zero attached hydrogens (tertiary/aromatic N) is 1. The van der Waals surface area contributed by atoms with Gasteiger partial charge in [0.25, 0.3) is 0 Å². The zero-order chi connectivity index (χ0) is 12.3. The maximum atomic E-state index is 11.7. The highest BCUT2D eigenvalue weighted by atomic mass is 35.5. The van der Waals surface area contributed by atoms with Gasteiger partial charge >= 0.3 is 0 Å². The maximum absolute atomic E-state index is 11.7. The van der Waals surface area contributed by atoms with Gasteiger partial charge in [-0.05, 0) is 38.1 Å². The zero-order valence-electron chi connectivity index (χ0n) is 11.6. The summed E-state index contributed by atoms with van der Waals surface area (Å²) in [5.41, 5.74) is 5.78. The van der Waals surface area contributed by atoms with Crippen LogP contribution in [-0.4, -0.2) is 42.5 Å². The van der Waals surface area contributed by atoms with Crippen LogP contribution in [0, 0.1) is 5.92 Å². The van der Waals surface area contributed by atoms with Crippen molar-refractivity contribution in [1.82, 2.24) is 10.2 Å². The number of carbonyl (C=O) groups is 1. The molecule has 6 heteroatoms. The monoisotopic (exact) mass is 311 g/mol. The molecule has 1 heterocycles. The van der Waals surface area contributed by atoms with Crippen LogP contribution in [0.1, 0.15) is 39.0 Å². The number of carbonyl (C=O) groups excluding carboxylic acids is 1. The van der Waals surface area contributed by atoms with Crippen molar-refractivity contribution in [3.05, 3.63) is 0 Å². The Bertz CT molecular complexity index is 275. The van der Waals surface area contributed by atoms with Gasteiger partial charge in [0.05, 0.1) is 6.04 Å². The van der Waals surface area contributed by atoms with Crippen molar-refractivity contribution in [2.45, 2.75) is 51.1 Å². The molecule has 1 saturated heterocycles.